The van der Waals surface area contributed by atoms with Crippen molar-refractivity contribution in [2.75, 3.05) is 6.54 Å². The van der Waals surface area contributed by atoms with Crippen molar-refractivity contribution < 1.29 is 4.79 Å². The molecular formula is C13H12N4O2. The average Bonchev–Trinajstić information content (AvgIpc) is 2.40. The first kappa shape index (κ1) is 12.8. The molecular weight excluding hydrogens is 244 g/mol. The van der Waals surface area contributed by atoms with Gasteiger partial charge in [0.05, 0.1) is 23.3 Å². The Morgan fingerprint density at radius 2 is 2.32 bits per heavy atom. The fraction of sp³-hybridized carbons (Fsp3) is 0.231. The van der Waals surface area contributed by atoms with Crippen LogP contribution in [0.1, 0.15) is 5.56 Å². The molecule has 1 aromatic carbocycles. The maximum Gasteiger partial charge on any atom is 0.261 e. The second-order valence-corrected chi connectivity index (χ2v) is 4.08. The van der Waals surface area contributed by atoms with Crippen molar-refractivity contribution in [1.29, 1.82) is 5.26 Å². The number of nitrogens with zero attached hydrogens (tertiary/aromatic N) is 3. The number of hydrogen-bond donors (Lipinski definition) is 1. The predicted octanol–water partition coefficient (Wildman–Crippen LogP) is 0.345. The molecule has 96 valence electrons. The van der Waals surface area contributed by atoms with E-state index in [1.807, 2.05) is 13.0 Å². The summed E-state index contributed by atoms with van der Waals surface area (Å²) in [5, 5.41) is 11.2. The number of fused-ring (bicyclic) bond motifs is 1. The molecule has 0 atom stereocenters. The molecule has 0 saturated heterocycles. The topological polar surface area (TPSA) is 87.8 Å². The van der Waals surface area contributed by atoms with Crippen LogP contribution in [0.2, 0.25) is 0 Å². The van der Waals surface area contributed by atoms with E-state index in [2.05, 4.69) is 10.3 Å². The Kier molecular flexibility index (Phi) is 3.57. The van der Waals surface area contributed by atoms with Gasteiger partial charge in [-0.3, -0.25) is 14.2 Å². The van der Waals surface area contributed by atoms with Crippen molar-refractivity contribution in [3.63, 3.8) is 0 Å². The number of carbonyl (C=O) groups is 1. The van der Waals surface area contributed by atoms with Crippen LogP contribution in [0, 0.1) is 18.3 Å². The first-order valence-electron chi connectivity index (χ1n) is 5.72. The normalized spacial score (nSPS) is 10.1. The van der Waals surface area contributed by atoms with Crippen LogP contribution < -0.4 is 10.9 Å². The molecule has 1 aromatic heterocycles. The Morgan fingerprint density at radius 1 is 1.53 bits per heavy atom. The lowest BCUT2D eigenvalue weighted by atomic mass is 10.1. The van der Waals surface area contributed by atoms with Crippen molar-refractivity contribution in [3.8, 4) is 6.07 Å². The van der Waals surface area contributed by atoms with Crippen LogP contribution in [-0.2, 0) is 11.3 Å². The van der Waals surface area contributed by atoms with Gasteiger partial charge in [0.2, 0.25) is 5.91 Å². The zero-order valence-corrected chi connectivity index (χ0v) is 10.4. The highest BCUT2D eigenvalue weighted by Crippen LogP contribution is 2.10. The summed E-state index contributed by atoms with van der Waals surface area (Å²) >= 11 is 0. The Bertz CT molecular complexity index is 727. The second kappa shape index (κ2) is 5.31. The van der Waals surface area contributed by atoms with Gasteiger partial charge in [-0.25, -0.2) is 4.98 Å². The smallest absolute Gasteiger partial charge is 0.261 e. The highest BCUT2D eigenvalue weighted by molar-refractivity contribution is 5.81. The summed E-state index contributed by atoms with van der Waals surface area (Å²) in [7, 11) is 0. The molecule has 1 amide bonds. The minimum absolute atomic E-state index is 0.0757. The van der Waals surface area contributed by atoms with Crippen LogP contribution in [0.3, 0.4) is 0 Å². The number of aryl methyl sites for hydroxylation is 1. The van der Waals surface area contributed by atoms with Crippen LogP contribution in [-0.4, -0.2) is 22.0 Å². The predicted molar refractivity (Wildman–Crippen MR) is 69.4 cm³/mol. The Morgan fingerprint density at radius 3 is 3.05 bits per heavy atom. The molecule has 0 saturated carbocycles. The molecule has 0 unspecified atom stereocenters. The van der Waals surface area contributed by atoms with Gasteiger partial charge in [0.25, 0.3) is 5.56 Å². The first-order chi connectivity index (χ1) is 9.13. The molecule has 0 fully saturated rings. The molecule has 2 rings (SSSR count). The Hall–Kier alpha value is -2.68. The third-order valence-corrected chi connectivity index (χ3v) is 2.73. The monoisotopic (exact) mass is 256 g/mol. The van der Waals surface area contributed by atoms with Crippen molar-refractivity contribution in [2.24, 2.45) is 0 Å². The van der Waals surface area contributed by atoms with Crippen LogP contribution in [0.5, 0.6) is 0 Å². The maximum absolute atomic E-state index is 12.2. The highest BCUT2D eigenvalue weighted by Gasteiger charge is 2.08. The molecule has 6 heteroatoms. The van der Waals surface area contributed by atoms with Gasteiger partial charge in [-0.2, -0.15) is 5.26 Å². The number of rotatable bonds is 3. The van der Waals surface area contributed by atoms with E-state index in [0.717, 1.165) is 5.56 Å². The second-order valence-electron chi connectivity index (χ2n) is 4.08. The molecule has 0 aliphatic rings. The number of benzene rings is 1. The molecule has 0 aliphatic carbocycles. The molecule has 0 bridgehead atoms. The van der Waals surface area contributed by atoms with Gasteiger partial charge in [-0.05, 0) is 18.6 Å². The molecule has 0 spiro atoms. The fourth-order valence-electron chi connectivity index (χ4n) is 1.80. The van der Waals surface area contributed by atoms with Gasteiger partial charge in [-0.1, -0.05) is 12.1 Å². The zero-order chi connectivity index (χ0) is 13.8. The van der Waals surface area contributed by atoms with Gasteiger partial charge in [-0.15, -0.1) is 0 Å². The summed E-state index contributed by atoms with van der Waals surface area (Å²) in [6.07, 6.45) is 1.35. The summed E-state index contributed by atoms with van der Waals surface area (Å²) in [4.78, 5) is 27.8. The van der Waals surface area contributed by atoms with Crippen LogP contribution in [0.4, 0.5) is 0 Å². The van der Waals surface area contributed by atoms with E-state index in [4.69, 9.17) is 5.26 Å². The SMILES string of the molecule is Cc1cccc2c(=O)n(CC(=O)NCC#N)cnc12. The summed E-state index contributed by atoms with van der Waals surface area (Å²) < 4.78 is 1.23. The maximum atomic E-state index is 12.2. The van der Waals surface area contributed by atoms with E-state index >= 15 is 0 Å². The average molecular weight is 256 g/mol. The summed E-state index contributed by atoms with van der Waals surface area (Å²) in [6.45, 7) is 1.66. The highest BCUT2D eigenvalue weighted by atomic mass is 16.2. The van der Waals surface area contributed by atoms with E-state index in [-0.39, 0.29) is 18.6 Å². The Labute approximate surface area is 109 Å². The van der Waals surface area contributed by atoms with Crippen molar-refractivity contribution >= 4 is 16.8 Å². The van der Waals surface area contributed by atoms with Crippen molar-refractivity contribution in [2.45, 2.75) is 13.5 Å². The number of nitrogens with one attached hydrogen (secondary N) is 1. The molecule has 6 nitrogen and oxygen atoms in total. The number of nitriles is 1. The fourth-order valence-corrected chi connectivity index (χ4v) is 1.80. The summed E-state index contributed by atoms with van der Waals surface area (Å²) in [6, 6.07) is 7.14. The number of para-hydroxylation sites is 1. The van der Waals surface area contributed by atoms with Crippen molar-refractivity contribution in [3.05, 3.63) is 40.4 Å². The first-order valence-corrected chi connectivity index (χ1v) is 5.72. The largest absolute Gasteiger partial charge is 0.341 e. The van der Waals surface area contributed by atoms with E-state index in [0.29, 0.717) is 10.9 Å². The standard InChI is InChI=1S/C13H12N4O2/c1-9-3-2-4-10-12(9)16-8-17(13(10)19)7-11(18)15-6-5-14/h2-4,8H,6-7H2,1H3,(H,15,18). The minimum atomic E-state index is -0.391. The summed E-state index contributed by atoms with van der Waals surface area (Å²) in [5.41, 5.74) is 1.29. The van der Waals surface area contributed by atoms with E-state index in [9.17, 15) is 9.59 Å². The molecule has 1 heterocycles. The van der Waals surface area contributed by atoms with Crippen molar-refractivity contribution in [1.82, 2.24) is 14.9 Å². The van der Waals surface area contributed by atoms with Gasteiger partial charge >= 0.3 is 0 Å². The third-order valence-electron chi connectivity index (χ3n) is 2.73. The molecule has 0 radical (unpaired) electrons. The molecule has 2 aromatic rings. The van der Waals surface area contributed by atoms with Gasteiger partial charge in [0.1, 0.15) is 13.1 Å². The number of hydrogen-bond acceptors (Lipinski definition) is 4. The van der Waals surface area contributed by atoms with E-state index < -0.39 is 5.91 Å². The minimum Gasteiger partial charge on any atom is -0.341 e. The number of carbonyl (C=O) groups excluding carboxylic acids is 1. The lowest BCUT2D eigenvalue weighted by molar-refractivity contribution is -0.121. The van der Waals surface area contributed by atoms with Crippen LogP contribution >= 0.6 is 0 Å². The van der Waals surface area contributed by atoms with Gasteiger partial charge < -0.3 is 5.32 Å². The van der Waals surface area contributed by atoms with Crippen LogP contribution in [0.15, 0.2) is 29.3 Å². The number of amides is 1. The number of aromatic nitrogens is 2. The molecule has 0 aliphatic heterocycles. The quantitative estimate of drug-likeness (QED) is 0.802. The zero-order valence-electron chi connectivity index (χ0n) is 10.4. The molecule has 19 heavy (non-hydrogen) atoms. The lowest BCUT2D eigenvalue weighted by Gasteiger charge is -2.07. The van der Waals surface area contributed by atoms with Gasteiger partial charge in [0.15, 0.2) is 0 Å². The van der Waals surface area contributed by atoms with E-state index in [1.165, 1.54) is 10.9 Å². The van der Waals surface area contributed by atoms with Gasteiger partial charge in [0, 0.05) is 0 Å². The Balaban J connectivity index is 2.36. The molecule has 1 N–H and O–H groups in total. The lowest BCUT2D eigenvalue weighted by Crippen LogP contribution is -2.32. The third kappa shape index (κ3) is 2.60. The van der Waals surface area contributed by atoms with E-state index in [1.54, 1.807) is 18.2 Å². The van der Waals surface area contributed by atoms with Crippen LogP contribution in [0.25, 0.3) is 10.9 Å². The summed E-state index contributed by atoms with van der Waals surface area (Å²) in [5.74, 6) is -0.391.